The smallest absolute Gasteiger partial charge is 0.207 e. The Morgan fingerprint density at radius 1 is 1.43 bits per heavy atom. The fourth-order valence-corrected chi connectivity index (χ4v) is 2.47. The molecular weight excluding hydrogens is 218 g/mol. The van der Waals surface area contributed by atoms with Gasteiger partial charge in [-0.3, -0.25) is 4.79 Å². The summed E-state index contributed by atoms with van der Waals surface area (Å²) in [6, 6.07) is 7.84. The van der Waals surface area contributed by atoms with Crippen molar-refractivity contribution in [1.82, 2.24) is 5.32 Å². The van der Waals surface area contributed by atoms with Crippen molar-refractivity contribution in [2.45, 2.75) is 6.54 Å². The Hall–Kier alpha value is -1.06. The molecule has 2 rings (SSSR count). The largest absolute Gasteiger partial charge is 0.354 e. The number of benzene rings is 1. The van der Waals surface area contributed by atoms with Gasteiger partial charge < -0.3 is 5.32 Å². The van der Waals surface area contributed by atoms with Gasteiger partial charge in [-0.05, 0) is 29.7 Å². The first-order chi connectivity index (χ1) is 6.79. The molecule has 0 aliphatic carbocycles. The third-order valence-corrected chi connectivity index (χ3v) is 3.24. The van der Waals surface area contributed by atoms with Crippen LogP contribution in [0.25, 0.3) is 10.1 Å². The van der Waals surface area contributed by atoms with Crippen LogP contribution in [0.15, 0.2) is 24.3 Å². The summed E-state index contributed by atoms with van der Waals surface area (Å²) in [7, 11) is 0. The first-order valence-electron chi connectivity index (χ1n) is 4.14. The Morgan fingerprint density at radius 3 is 3.07 bits per heavy atom. The molecule has 2 aromatic rings. The zero-order valence-corrected chi connectivity index (χ0v) is 8.86. The van der Waals surface area contributed by atoms with Crippen LogP contribution in [0.3, 0.4) is 0 Å². The van der Waals surface area contributed by atoms with Crippen molar-refractivity contribution < 1.29 is 4.79 Å². The van der Waals surface area contributed by atoms with E-state index in [1.807, 2.05) is 24.3 Å². The first-order valence-corrected chi connectivity index (χ1v) is 5.34. The van der Waals surface area contributed by atoms with E-state index in [1.54, 1.807) is 11.3 Å². The molecular formula is C10H8ClNOS. The van der Waals surface area contributed by atoms with E-state index in [9.17, 15) is 4.79 Å². The molecule has 0 spiro atoms. The maximum absolute atomic E-state index is 10.1. The summed E-state index contributed by atoms with van der Waals surface area (Å²) in [6.07, 6.45) is 0.706. The monoisotopic (exact) mass is 225 g/mol. The second-order valence-corrected chi connectivity index (χ2v) is 4.50. The molecule has 1 aromatic carbocycles. The van der Waals surface area contributed by atoms with Crippen LogP contribution < -0.4 is 5.32 Å². The molecule has 0 aliphatic heterocycles. The Balaban J connectivity index is 2.36. The second kappa shape index (κ2) is 3.98. The molecule has 2 nitrogen and oxygen atoms in total. The van der Waals surface area contributed by atoms with Crippen LogP contribution in [0.2, 0.25) is 5.02 Å². The van der Waals surface area contributed by atoms with Crippen LogP contribution in [0.5, 0.6) is 0 Å². The van der Waals surface area contributed by atoms with Gasteiger partial charge in [-0.2, -0.15) is 0 Å². The molecule has 1 heterocycles. The number of thiophene rings is 1. The van der Waals surface area contributed by atoms with Crippen molar-refractivity contribution in [3.05, 3.63) is 34.2 Å². The van der Waals surface area contributed by atoms with Crippen LogP contribution in [-0.2, 0) is 11.3 Å². The van der Waals surface area contributed by atoms with E-state index >= 15 is 0 Å². The molecule has 0 bridgehead atoms. The van der Waals surface area contributed by atoms with Gasteiger partial charge in [-0.1, -0.05) is 11.6 Å². The molecule has 72 valence electrons. The summed E-state index contributed by atoms with van der Waals surface area (Å²) >= 11 is 7.53. The highest BCUT2D eigenvalue weighted by atomic mass is 35.5. The number of carbonyl (C=O) groups is 1. The van der Waals surface area contributed by atoms with Gasteiger partial charge in [-0.25, -0.2) is 0 Å². The van der Waals surface area contributed by atoms with Gasteiger partial charge in [0, 0.05) is 14.6 Å². The second-order valence-electron chi connectivity index (χ2n) is 2.89. The summed E-state index contributed by atoms with van der Waals surface area (Å²) in [5.41, 5.74) is 0. The molecule has 0 aliphatic rings. The van der Waals surface area contributed by atoms with E-state index in [2.05, 4.69) is 5.32 Å². The fourth-order valence-electron chi connectivity index (χ4n) is 1.30. The predicted octanol–water partition coefficient (Wildman–Crippen LogP) is 2.80. The van der Waals surface area contributed by atoms with Gasteiger partial charge in [0.15, 0.2) is 0 Å². The molecule has 1 aromatic heterocycles. The molecule has 0 unspecified atom stereocenters. The minimum atomic E-state index is 0.584. The van der Waals surface area contributed by atoms with E-state index in [1.165, 1.54) is 4.70 Å². The summed E-state index contributed by atoms with van der Waals surface area (Å²) in [5, 5.41) is 4.51. The van der Waals surface area contributed by atoms with Gasteiger partial charge >= 0.3 is 0 Å². The minimum absolute atomic E-state index is 0.584. The average Bonchev–Trinajstić information content (AvgIpc) is 2.56. The normalized spacial score (nSPS) is 10.4. The quantitative estimate of drug-likeness (QED) is 0.800. The van der Waals surface area contributed by atoms with Crippen molar-refractivity contribution in [3.8, 4) is 0 Å². The van der Waals surface area contributed by atoms with Crippen LogP contribution >= 0.6 is 22.9 Å². The van der Waals surface area contributed by atoms with Crippen molar-refractivity contribution in [2.24, 2.45) is 0 Å². The fraction of sp³-hybridized carbons (Fsp3) is 0.100. The molecule has 4 heteroatoms. The van der Waals surface area contributed by atoms with Gasteiger partial charge in [-0.15, -0.1) is 11.3 Å². The summed E-state index contributed by atoms with van der Waals surface area (Å²) in [5.74, 6) is 0. The van der Waals surface area contributed by atoms with Gasteiger partial charge in [0.2, 0.25) is 6.41 Å². The highest BCUT2D eigenvalue weighted by Crippen LogP contribution is 2.27. The van der Waals surface area contributed by atoms with E-state index in [0.717, 1.165) is 15.3 Å². The van der Waals surface area contributed by atoms with E-state index in [-0.39, 0.29) is 0 Å². The summed E-state index contributed by atoms with van der Waals surface area (Å²) in [4.78, 5) is 11.3. The molecule has 0 atom stereocenters. The molecule has 14 heavy (non-hydrogen) atoms. The SMILES string of the molecule is O=CNCc1cc2cc(Cl)ccc2s1. The summed E-state index contributed by atoms with van der Waals surface area (Å²) < 4.78 is 1.19. The first kappa shape index (κ1) is 9.49. The molecule has 0 fully saturated rings. The van der Waals surface area contributed by atoms with E-state index < -0.39 is 0 Å². The lowest BCUT2D eigenvalue weighted by molar-refractivity contribution is -0.109. The van der Waals surface area contributed by atoms with Crippen LogP contribution in [0.4, 0.5) is 0 Å². The van der Waals surface area contributed by atoms with E-state index in [0.29, 0.717) is 13.0 Å². The molecule has 1 amide bonds. The zero-order valence-electron chi connectivity index (χ0n) is 7.29. The molecule has 1 N–H and O–H groups in total. The minimum Gasteiger partial charge on any atom is -0.354 e. The number of amides is 1. The number of hydrogen-bond acceptors (Lipinski definition) is 2. The highest BCUT2D eigenvalue weighted by Gasteiger charge is 2.01. The third kappa shape index (κ3) is 1.89. The Labute approximate surface area is 90.5 Å². The number of halogens is 1. The van der Waals surface area contributed by atoms with Gasteiger partial charge in [0.1, 0.15) is 0 Å². The Kier molecular flexibility index (Phi) is 2.70. The van der Waals surface area contributed by atoms with Crippen LogP contribution in [0, 0.1) is 0 Å². The van der Waals surface area contributed by atoms with Crippen molar-refractivity contribution >= 4 is 39.4 Å². The lowest BCUT2D eigenvalue weighted by Gasteiger charge is -1.90. The number of fused-ring (bicyclic) bond motifs is 1. The maximum Gasteiger partial charge on any atom is 0.207 e. The van der Waals surface area contributed by atoms with Gasteiger partial charge in [0.05, 0.1) is 6.54 Å². The van der Waals surface area contributed by atoms with Crippen molar-refractivity contribution in [3.63, 3.8) is 0 Å². The maximum atomic E-state index is 10.1. The molecule has 0 radical (unpaired) electrons. The molecule has 0 saturated carbocycles. The standard InChI is InChI=1S/C10H8ClNOS/c11-8-1-2-10-7(3-8)4-9(14-10)5-12-6-13/h1-4,6H,5H2,(H,12,13). The highest BCUT2D eigenvalue weighted by molar-refractivity contribution is 7.19. The topological polar surface area (TPSA) is 29.1 Å². The lowest BCUT2D eigenvalue weighted by atomic mass is 10.2. The van der Waals surface area contributed by atoms with Crippen LogP contribution in [-0.4, -0.2) is 6.41 Å². The lowest BCUT2D eigenvalue weighted by Crippen LogP contribution is -2.07. The van der Waals surface area contributed by atoms with Gasteiger partial charge in [0.25, 0.3) is 0 Å². The summed E-state index contributed by atoms with van der Waals surface area (Å²) in [6.45, 7) is 0.584. The number of carbonyl (C=O) groups excluding carboxylic acids is 1. The zero-order chi connectivity index (χ0) is 9.97. The average molecular weight is 226 g/mol. The number of hydrogen-bond donors (Lipinski definition) is 1. The Bertz CT molecular complexity index is 466. The number of nitrogens with one attached hydrogen (secondary N) is 1. The van der Waals surface area contributed by atoms with Crippen molar-refractivity contribution in [2.75, 3.05) is 0 Å². The molecule has 0 saturated heterocycles. The Morgan fingerprint density at radius 2 is 2.29 bits per heavy atom. The predicted molar refractivity (Wildman–Crippen MR) is 59.7 cm³/mol. The van der Waals surface area contributed by atoms with E-state index in [4.69, 9.17) is 11.6 Å². The number of rotatable bonds is 3. The van der Waals surface area contributed by atoms with Crippen molar-refractivity contribution in [1.29, 1.82) is 0 Å². The van der Waals surface area contributed by atoms with Crippen LogP contribution in [0.1, 0.15) is 4.88 Å². The third-order valence-electron chi connectivity index (χ3n) is 1.89.